The van der Waals surface area contributed by atoms with Crippen LogP contribution in [0.25, 0.3) is 117 Å². The SMILES string of the molecule is [2H]c1c([2H])c([2H])c(-c2cccc3c2-c2cccc(-c4cc(C(C)(C)C)cc(C(C)(C)C)c4)c2-[n+]2[c-]n(-c4cccc(Oc5ccc6c7ccccc7n(-c7cc(C(C)(C)C)ccn7)c6c5)c4)c4cc(-c5c(C([2H])([2H])[2H])cccc5C([2H])([2H])[2H])cc(c42)-c2ccccc2-3)c([2H])c1[2H]. The van der Waals surface area contributed by atoms with E-state index in [-0.39, 0.29) is 50.6 Å². The summed E-state index contributed by atoms with van der Waals surface area (Å²) in [5.41, 5.74) is 13.0. The number of ether oxygens (including phenoxy) is 1. The molecule has 5 nitrogen and oxygen atoms in total. The second-order valence-corrected chi connectivity index (χ2v) is 25.4. The predicted octanol–water partition coefficient (Wildman–Crippen LogP) is 20.8. The summed E-state index contributed by atoms with van der Waals surface area (Å²) >= 11 is 0. The molecule has 14 rings (SSSR count). The third-order valence-corrected chi connectivity index (χ3v) is 16.8. The fourth-order valence-corrected chi connectivity index (χ4v) is 12.4. The number of aryl methyl sites for hydroxylation is 2. The molecular weight excluding hydrogens is 1030 g/mol. The zero-order chi connectivity index (χ0) is 68.0. The van der Waals surface area contributed by atoms with Gasteiger partial charge in [0.1, 0.15) is 17.3 Å². The minimum Gasteiger partial charge on any atom is -0.458 e. The lowest BCUT2D eigenvalue weighted by atomic mass is 9.78. The van der Waals surface area contributed by atoms with E-state index in [9.17, 15) is 2.74 Å². The summed E-state index contributed by atoms with van der Waals surface area (Å²) in [6.45, 7) is 14.2. The van der Waals surface area contributed by atoms with Crippen molar-refractivity contribution >= 4 is 32.8 Å². The number of hydrogen-bond donors (Lipinski definition) is 0. The maximum Gasteiger partial charge on any atom is 0.269 e. The van der Waals surface area contributed by atoms with Crippen molar-refractivity contribution in [2.24, 2.45) is 0 Å². The average molecular weight is 1110 g/mol. The van der Waals surface area contributed by atoms with Gasteiger partial charge in [-0.05, 0) is 179 Å². The Bertz CT molecular complexity index is 5290. The van der Waals surface area contributed by atoms with Gasteiger partial charge in [-0.3, -0.25) is 13.7 Å². The monoisotopic (exact) mass is 1110 g/mol. The van der Waals surface area contributed by atoms with Gasteiger partial charge in [0.25, 0.3) is 6.33 Å². The minimum atomic E-state index is -2.75. The van der Waals surface area contributed by atoms with Gasteiger partial charge < -0.3 is 4.74 Å². The number of rotatable bonds is 7. The number of pyridine rings is 1. The molecule has 0 amide bonds. The maximum absolute atomic E-state index is 9.56. The molecule has 0 spiro atoms. The van der Waals surface area contributed by atoms with E-state index in [1.165, 1.54) is 18.2 Å². The predicted molar refractivity (Wildman–Crippen MR) is 354 cm³/mol. The molecule has 85 heavy (non-hydrogen) atoms. The maximum atomic E-state index is 9.56. The summed E-state index contributed by atoms with van der Waals surface area (Å²) < 4.78 is 113. The van der Waals surface area contributed by atoms with Gasteiger partial charge >= 0.3 is 0 Å². The number of fused-ring (bicyclic) bond motifs is 10. The molecule has 0 saturated carbocycles. The summed E-state index contributed by atoms with van der Waals surface area (Å²) in [7, 11) is 0. The number of para-hydroxylation sites is 2. The van der Waals surface area contributed by atoms with Crippen molar-refractivity contribution in [1.29, 1.82) is 0 Å². The highest BCUT2D eigenvalue weighted by atomic mass is 16.5. The first-order valence-electron chi connectivity index (χ1n) is 34.4. The largest absolute Gasteiger partial charge is 0.458 e. The summed E-state index contributed by atoms with van der Waals surface area (Å²) in [6.07, 6.45) is 5.75. The van der Waals surface area contributed by atoms with Gasteiger partial charge in [-0.2, -0.15) is 0 Å². The fourth-order valence-electron chi connectivity index (χ4n) is 12.4. The number of benzene rings is 10. The van der Waals surface area contributed by atoms with E-state index in [0.29, 0.717) is 78.4 Å². The highest BCUT2D eigenvalue weighted by Gasteiger charge is 2.31. The molecule has 0 unspecified atom stereocenters. The van der Waals surface area contributed by atoms with E-state index in [2.05, 4.69) is 128 Å². The Morgan fingerprint density at radius 3 is 1.81 bits per heavy atom. The Morgan fingerprint density at radius 1 is 0.459 bits per heavy atom. The quantitative estimate of drug-likeness (QED) is 0.118. The van der Waals surface area contributed by atoms with E-state index in [4.69, 9.17) is 22.1 Å². The normalized spacial score (nSPS) is 14.6. The van der Waals surface area contributed by atoms with Crippen LogP contribution in [0.1, 0.15) is 105 Å². The van der Waals surface area contributed by atoms with Crippen molar-refractivity contribution in [3.8, 4) is 95.5 Å². The minimum absolute atomic E-state index is 0.0227. The van der Waals surface area contributed by atoms with Crippen LogP contribution in [-0.4, -0.2) is 14.1 Å². The molecular formula is C80H70N4O. The Morgan fingerprint density at radius 2 is 1.08 bits per heavy atom. The van der Waals surface area contributed by atoms with Crippen molar-refractivity contribution in [3.63, 3.8) is 0 Å². The second kappa shape index (κ2) is 20.1. The van der Waals surface area contributed by atoms with Crippen LogP contribution in [0.2, 0.25) is 0 Å². The summed E-state index contributed by atoms with van der Waals surface area (Å²) in [5, 5.41) is 2.09. The van der Waals surface area contributed by atoms with Crippen LogP contribution in [0, 0.1) is 20.0 Å². The molecule has 0 saturated heterocycles. The fraction of sp³-hybridized carbons (Fsp3) is 0.175. The second-order valence-electron chi connectivity index (χ2n) is 25.4. The number of aromatic nitrogens is 4. The van der Waals surface area contributed by atoms with Gasteiger partial charge in [0, 0.05) is 31.3 Å². The Balaban J connectivity index is 1.11. The van der Waals surface area contributed by atoms with Crippen molar-refractivity contribution in [1.82, 2.24) is 14.1 Å². The topological polar surface area (TPSA) is 35.9 Å². The van der Waals surface area contributed by atoms with E-state index < -0.39 is 31.8 Å². The van der Waals surface area contributed by atoms with Crippen LogP contribution < -0.4 is 9.30 Å². The highest BCUT2D eigenvalue weighted by molar-refractivity contribution is 6.10. The molecule has 0 aliphatic carbocycles. The molecule has 0 fully saturated rings. The smallest absolute Gasteiger partial charge is 0.269 e. The van der Waals surface area contributed by atoms with E-state index in [0.717, 1.165) is 55.4 Å². The molecule has 416 valence electrons. The zero-order valence-electron chi connectivity index (χ0n) is 60.2. The van der Waals surface area contributed by atoms with Gasteiger partial charge in [-0.15, -0.1) is 0 Å². The lowest BCUT2D eigenvalue weighted by molar-refractivity contribution is -0.570. The molecule has 1 aliphatic rings. The molecule has 4 heterocycles. The Hall–Kier alpha value is -9.58. The molecule has 13 aromatic rings. The van der Waals surface area contributed by atoms with Crippen LogP contribution in [0.15, 0.2) is 224 Å². The highest BCUT2D eigenvalue weighted by Crippen LogP contribution is 2.50. The van der Waals surface area contributed by atoms with Crippen molar-refractivity contribution in [3.05, 3.63) is 259 Å². The lowest BCUT2D eigenvalue weighted by Gasteiger charge is -2.27. The standard InChI is InChI=1S/C80H70N4O/c1-50-23-19-24-51(2)74(50)54-43-69-64-30-16-15-29-63(64)67-34-21-32-61(52-25-13-12-14-26-52)75(67)68-35-22-33-62(53-41-56(79(6,7)8)45-57(42-53)80(9,10)11)76(68)83-49-82(72(44-54)77(69)83)58-27-20-28-59(47-58)85-60-37-38-66-65-31-17-18-36-70(65)84(71(66)48-60)73-46-55(39-40-81-73)78(3,4)5/h12-48H,1-11H3/i1D3,2D3,12D,13D,14D,25D,26D. The molecule has 1 aliphatic heterocycles. The van der Waals surface area contributed by atoms with Crippen LogP contribution in [0.4, 0.5) is 0 Å². The molecule has 3 aromatic heterocycles. The van der Waals surface area contributed by atoms with Gasteiger partial charge in [0.2, 0.25) is 0 Å². The van der Waals surface area contributed by atoms with Gasteiger partial charge in [-0.1, -0.05) is 220 Å². The van der Waals surface area contributed by atoms with Crippen molar-refractivity contribution in [2.45, 2.75) is 92.3 Å². The summed E-state index contributed by atoms with van der Waals surface area (Å²) in [4.78, 5) is 4.92. The van der Waals surface area contributed by atoms with Crippen molar-refractivity contribution in [2.75, 3.05) is 0 Å². The lowest BCUT2D eigenvalue weighted by Crippen LogP contribution is -2.32. The Kier molecular flexibility index (Phi) is 9.97. The van der Waals surface area contributed by atoms with Crippen LogP contribution in [-0.2, 0) is 16.2 Å². The molecule has 0 bridgehead atoms. The molecule has 10 aromatic carbocycles. The van der Waals surface area contributed by atoms with E-state index >= 15 is 0 Å². The molecule has 0 N–H and O–H groups in total. The van der Waals surface area contributed by atoms with Crippen molar-refractivity contribution < 1.29 is 24.4 Å². The third kappa shape index (κ3) is 9.25. The summed E-state index contributed by atoms with van der Waals surface area (Å²) in [5.74, 6) is 1.82. The number of hydrogen-bond acceptors (Lipinski definition) is 2. The number of imidazole rings is 1. The van der Waals surface area contributed by atoms with Crippen LogP contribution in [0.3, 0.4) is 0 Å². The van der Waals surface area contributed by atoms with Gasteiger partial charge in [-0.25, -0.2) is 4.98 Å². The first kappa shape index (κ1) is 42.3. The average Bonchev–Trinajstić information content (AvgIpc) is 1.50. The van der Waals surface area contributed by atoms with E-state index in [1.54, 1.807) is 0 Å². The first-order valence-corrected chi connectivity index (χ1v) is 28.9. The number of nitrogens with zero attached hydrogens (tertiary/aromatic N) is 4. The summed E-state index contributed by atoms with van der Waals surface area (Å²) in [6, 6.07) is 58.5. The Labute approximate surface area is 515 Å². The van der Waals surface area contributed by atoms with Gasteiger partial charge in [0.05, 0.1) is 40.3 Å². The van der Waals surface area contributed by atoms with E-state index in [1.807, 2.05) is 131 Å². The van der Waals surface area contributed by atoms with Crippen LogP contribution >= 0.6 is 0 Å². The molecule has 0 atom stereocenters. The zero-order valence-corrected chi connectivity index (χ0v) is 49.2. The molecule has 5 heteroatoms. The van der Waals surface area contributed by atoms with Gasteiger partial charge in [0.15, 0.2) is 0 Å². The van der Waals surface area contributed by atoms with Crippen LogP contribution in [0.5, 0.6) is 11.5 Å². The molecule has 0 radical (unpaired) electrons. The first-order chi connectivity index (χ1) is 45.4. The third-order valence-electron chi connectivity index (χ3n) is 16.8.